The minimum Gasteiger partial charge on any atom is -0.494 e. The maximum absolute atomic E-state index is 12.1. The Kier molecular flexibility index (Phi) is 9.63. The third-order valence-corrected chi connectivity index (χ3v) is 4.42. The van der Waals surface area contributed by atoms with Crippen LogP contribution in [-0.4, -0.2) is 12.6 Å². The van der Waals surface area contributed by atoms with Crippen molar-refractivity contribution < 1.29 is 14.3 Å². The fourth-order valence-electron chi connectivity index (χ4n) is 2.85. The molecule has 1 radical (unpaired) electrons. The minimum atomic E-state index is -0.336. The predicted molar refractivity (Wildman–Crippen MR) is 106 cm³/mol. The van der Waals surface area contributed by atoms with Crippen molar-refractivity contribution in [1.29, 1.82) is 0 Å². The summed E-state index contributed by atoms with van der Waals surface area (Å²) in [5, 5.41) is 0. The van der Waals surface area contributed by atoms with Gasteiger partial charge in [-0.2, -0.15) is 0 Å². The van der Waals surface area contributed by atoms with E-state index in [2.05, 4.69) is 6.92 Å². The lowest BCUT2D eigenvalue weighted by Crippen LogP contribution is -2.05. The number of benzene rings is 1. The van der Waals surface area contributed by atoms with Crippen LogP contribution in [0.3, 0.4) is 0 Å². The first kappa shape index (κ1) is 20.3. The Bertz CT molecular complexity index is 584. The van der Waals surface area contributed by atoms with E-state index in [1.54, 1.807) is 18.2 Å². The van der Waals surface area contributed by atoms with E-state index in [1.165, 1.54) is 44.9 Å². The number of hydrogen-bond donors (Lipinski definition) is 0. The van der Waals surface area contributed by atoms with Crippen molar-refractivity contribution in [3.8, 4) is 5.75 Å². The van der Waals surface area contributed by atoms with Gasteiger partial charge < -0.3 is 9.47 Å². The summed E-state index contributed by atoms with van der Waals surface area (Å²) in [6.07, 6.45) is 18.7. The molecular weight excluding hydrogens is 324 g/mol. The van der Waals surface area contributed by atoms with E-state index < -0.39 is 0 Å². The summed E-state index contributed by atoms with van der Waals surface area (Å²) in [6.45, 7) is 2.98. The molecular formula is C23H31O3. The Morgan fingerprint density at radius 1 is 0.962 bits per heavy atom. The first-order valence-corrected chi connectivity index (χ1v) is 9.94. The van der Waals surface area contributed by atoms with Crippen molar-refractivity contribution in [2.45, 2.75) is 64.7 Å². The van der Waals surface area contributed by atoms with Gasteiger partial charge in [0.25, 0.3) is 0 Å². The highest BCUT2D eigenvalue weighted by Gasteiger charge is 2.10. The van der Waals surface area contributed by atoms with Crippen LogP contribution in [0.2, 0.25) is 0 Å². The Balaban J connectivity index is 1.60. The van der Waals surface area contributed by atoms with Crippen molar-refractivity contribution in [3.05, 3.63) is 60.2 Å². The lowest BCUT2D eigenvalue weighted by Gasteiger charge is -2.09. The van der Waals surface area contributed by atoms with Gasteiger partial charge in [0.2, 0.25) is 0 Å². The molecule has 1 aliphatic rings. The molecule has 26 heavy (non-hydrogen) atoms. The molecule has 0 saturated carbocycles. The van der Waals surface area contributed by atoms with Crippen LogP contribution >= 0.6 is 0 Å². The molecule has 0 bridgehead atoms. The van der Waals surface area contributed by atoms with Crippen molar-refractivity contribution in [2.24, 2.45) is 0 Å². The molecule has 0 spiro atoms. The summed E-state index contributed by atoms with van der Waals surface area (Å²) in [4.78, 5) is 12.1. The van der Waals surface area contributed by atoms with Gasteiger partial charge in [-0.1, -0.05) is 57.9 Å². The van der Waals surface area contributed by atoms with Crippen LogP contribution < -0.4 is 4.74 Å². The van der Waals surface area contributed by atoms with Gasteiger partial charge in [-0.25, -0.2) is 4.79 Å². The summed E-state index contributed by atoms with van der Waals surface area (Å²) in [6, 6.07) is 7.18. The van der Waals surface area contributed by atoms with Gasteiger partial charge in [-0.15, -0.1) is 0 Å². The minimum absolute atomic E-state index is 0.336. The molecule has 0 atom stereocenters. The second kappa shape index (κ2) is 12.3. The molecule has 0 fully saturated rings. The molecule has 1 aromatic carbocycles. The maximum atomic E-state index is 12.1. The van der Waals surface area contributed by atoms with Crippen molar-refractivity contribution >= 4 is 5.97 Å². The van der Waals surface area contributed by atoms with Gasteiger partial charge in [0, 0.05) is 0 Å². The van der Waals surface area contributed by atoms with Gasteiger partial charge in [-0.05, 0) is 55.7 Å². The largest absolute Gasteiger partial charge is 0.494 e. The molecule has 0 unspecified atom stereocenters. The highest BCUT2D eigenvalue weighted by atomic mass is 16.5. The van der Waals surface area contributed by atoms with Crippen LogP contribution in [0.5, 0.6) is 5.75 Å². The monoisotopic (exact) mass is 355 g/mol. The topological polar surface area (TPSA) is 35.5 Å². The average molecular weight is 355 g/mol. The van der Waals surface area contributed by atoms with Gasteiger partial charge in [-0.3, -0.25) is 0 Å². The molecule has 3 heteroatoms. The van der Waals surface area contributed by atoms with Crippen LogP contribution in [0.25, 0.3) is 0 Å². The number of unbranched alkanes of at least 4 members (excludes halogenated alkanes) is 7. The molecule has 0 heterocycles. The molecule has 1 aromatic rings. The lowest BCUT2D eigenvalue weighted by atomic mass is 10.1. The summed E-state index contributed by atoms with van der Waals surface area (Å²) >= 11 is 0. The third kappa shape index (κ3) is 7.90. The first-order chi connectivity index (χ1) is 12.8. The third-order valence-electron chi connectivity index (χ3n) is 4.42. The SMILES string of the molecule is CCCCCCCCCCOc1ccc(C(=O)OC2=CC[CH]C=C2)cc1. The molecule has 2 rings (SSSR count). The van der Waals surface area contributed by atoms with E-state index in [4.69, 9.17) is 9.47 Å². The molecule has 0 aromatic heterocycles. The fourth-order valence-corrected chi connectivity index (χ4v) is 2.85. The number of hydrogen-bond acceptors (Lipinski definition) is 3. The van der Waals surface area contributed by atoms with E-state index in [1.807, 2.05) is 30.7 Å². The summed E-state index contributed by atoms with van der Waals surface area (Å²) in [5.41, 5.74) is 0.535. The zero-order chi connectivity index (χ0) is 18.5. The van der Waals surface area contributed by atoms with E-state index in [-0.39, 0.29) is 5.97 Å². The van der Waals surface area contributed by atoms with Crippen molar-refractivity contribution in [3.63, 3.8) is 0 Å². The molecule has 1 aliphatic carbocycles. The van der Waals surface area contributed by atoms with Crippen LogP contribution in [0.15, 0.2) is 48.3 Å². The standard InChI is InChI=1S/C23H31O3/c1-2-3-4-5-6-7-8-12-19-25-21-17-15-20(16-18-21)23(24)26-22-13-10-9-11-14-22/h9-10,13-18H,2-8,11-12,19H2,1H3. The number of carbonyl (C=O) groups is 1. The summed E-state index contributed by atoms with van der Waals surface area (Å²) < 4.78 is 11.1. The van der Waals surface area contributed by atoms with E-state index in [9.17, 15) is 4.79 Å². The number of allylic oxidation sites excluding steroid dienone is 3. The predicted octanol–water partition coefficient (Wildman–Crippen LogP) is 6.41. The van der Waals surface area contributed by atoms with Gasteiger partial charge >= 0.3 is 5.97 Å². The van der Waals surface area contributed by atoms with Gasteiger partial charge in [0.1, 0.15) is 11.5 Å². The number of esters is 1. The summed E-state index contributed by atoms with van der Waals surface area (Å²) in [5.74, 6) is 1.07. The van der Waals surface area contributed by atoms with Crippen LogP contribution in [-0.2, 0) is 4.74 Å². The second-order valence-corrected chi connectivity index (χ2v) is 6.67. The second-order valence-electron chi connectivity index (χ2n) is 6.67. The number of rotatable bonds is 12. The molecule has 0 saturated heterocycles. The maximum Gasteiger partial charge on any atom is 0.343 e. The zero-order valence-corrected chi connectivity index (χ0v) is 15.9. The number of ether oxygens (including phenoxy) is 2. The summed E-state index contributed by atoms with van der Waals surface area (Å²) in [7, 11) is 0. The molecule has 0 N–H and O–H groups in total. The molecule has 0 aliphatic heterocycles. The van der Waals surface area contributed by atoms with Crippen LogP contribution in [0.4, 0.5) is 0 Å². The highest BCUT2D eigenvalue weighted by molar-refractivity contribution is 5.90. The Morgan fingerprint density at radius 3 is 2.31 bits per heavy atom. The Labute approximate surface area is 158 Å². The normalized spacial score (nSPS) is 13.3. The molecule has 0 amide bonds. The van der Waals surface area contributed by atoms with Gasteiger partial charge in [0.15, 0.2) is 0 Å². The zero-order valence-electron chi connectivity index (χ0n) is 15.9. The van der Waals surface area contributed by atoms with E-state index >= 15 is 0 Å². The smallest absolute Gasteiger partial charge is 0.343 e. The highest BCUT2D eigenvalue weighted by Crippen LogP contribution is 2.17. The van der Waals surface area contributed by atoms with Crippen LogP contribution in [0.1, 0.15) is 75.1 Å². The fraction of sp³-hybridized carbons (Fsp3) is 0.478. The lowest BCUT2D eigenvalue weighted by molar-refractivity contribution is 0.0635. The van der Waals surface area contributed by atoms with E-state index in [0.717, 1.165) is 25.2 Å². The quantitative estimate of drug-likeness (QED) is 0.321. The Morgan fingerprint density at radius 2 is 1.65 bits per heavy atom. The van der Waals surface area contributed by atoms with Crippen molar-refractivity contribution in [1.82, 2.24) is 0 Å². The van der Waals surface area contributed by atoms with E-state index in [0.29, 0.717) is 11.3 Å². The van der Waals surface area contributed by atoms with Crippen LogP contribution in [0, 0.1) is 6.42 Å². The molecule has 141 valence electrons. The average Bonchev–Trinajstić information content (AvgIpc) is 2.68. The van der Waals surface area contributed by atoms with Crippen molar-refractivity contribution in [2.75, 3.05) is 6.61 Å². The first-order valence-electron chi connectivity index (χ1n) is 9.94. The number of carbonyl (C=O) groups excluding carboxylic acids is 1. The van der Waals surface area contributed by atoms with Gasteiger partial charge in [0.05, 0.1) is 12.2 Å². The molecule has 3 nitrogen and oxygen atoms in total. The Hall–Kier alpha value is -2.03.